The van der Waals surface area contributed by atoms with Gasteiger partial charge in [-0.15, -0.1) is 0 Å². The van der Waals surface area contributed by atoms with Gasteiger partial charge in [0.15, 0.2) is 0 Å². The van der Waals surface area contributed by atoms with E-state index in [-0.39, 0.29) is 0 Å². The molecule has 29 heavy (non-hydrogen) atoms. The molecule has 0 saturated heterocycles. The van der Waals surface area contributed by atoms with Crippen LogP contribution in [0.25, 0.3) is 27.3 Å². The first-order valence-corrected chi connectivity index (χ1v) is 10.1. The first-order chi connectivity index (χ1) is 14.2. The molecular formula is C24H23N5. The zero-order valence-electron chi connectivity index (χ0n) is 17.0. The molecule has 0 radical (unpaired) electrons. The van der Waals surface area contributed by atoms with E-state index in [9.17, 15) is 0 Å². The van der Waals surface area contributed by atoms with Crippen LogP contribution in [-0.2, 0) is 19.3 Å². The monoisotopic (exact) mass is 381 g/mol. The average molecular weight is 381 g/mol. The standard InChI is InChI=1S/C24H23N5/c1-4-17-6-5-7-20-19(17)11-13-29-16(3)21(28-24(20)29)8-9-23-26-15(2)18-10-12-25-14-22(18)27-23/h5-7,10-14H,4,8-9H2,1-3H3. The summed E-state index contributed by atoms with van der Waals surface area (Å²) in [5.41, 5.74) is 6.58. The van der Waals surface area contributed by atoms with Crippen LogP contribution in [0, 0.1) is 13.8 Å². The van der Waals surface area contributed by atoms with Gasteiger partial charge in [0.05, 0.1) is 17.4 Å². The molecule has 0 atom stereocenters. The van der Waals surface area contributed by atoms with Gasteiger partial charge in [-0.1, -0.05) is 25.1 Å². The average Bonchev–Trinajstić information content (AvgIpc) is 3.08. The summed E-state index contributed by atoms with van der Waals surface area (Å²) in [6.07, 6.45) is 8.33. The van der Waals surface area contributed by atoms with E-state index in [1.165, 1.54) is 22.0 Å². The number of hydrogen-bond acceptors (Lipinski definition) is 4. The Balaban J connectivity index is 1.52. The molecular weight excluding hydrogens is 358 g/mol. The van der Waals surface area contributed by atoms with E-state index in [0.29, 0.717) is 0 Å². The Hall–Kier alpha value is -3.34. The van der Waals surface area contributed by atoms with Crippen molar-refractivity contribution in [2.75, 3.05) is 0 Å². The molecule has 0 saturated carbocycles. The maximum Gasteiger partial charge on any atom is 0.145 e. The molecule has 144 valence electrons. The number of aryl methyl sites for hydroxylation is 5. The van der Waals surface area contributed by atoms with Crippen LogP contribution in [0.4, 0.5) is 0 Å². The summed E-state index contributed by atoms with van der Waals surface area (Å²) < 4.78 is 2.20. The third kappa shape index (κ3) is 2.94. The Bertz CT molecular complexity index is 1370. The largest absolute Gasteiger partial charge is 0.304 e. The van der Waals surface area contributed by atoms with Crippen molar-refractivity contribution >= 4 is 27.3 Å². The molecule has 5 rings (SSSR count). The maximum absolute atomic E-state index is 5.01. The minimum atomic E-state index is 0.758. The highest BCUT2D eigenvalue weighted by Gasteiger charge is 2.13. The lowest BCUT2D eigenvalue weighted by atomic mass is 10.0. The molecule has 0 bridgehead atoms. The van der Waals surface area contributed by atoms with E-state index < -0.39 is 0 Å². The number of hydrogen-bond donors (Lipinski definition) is 0. The number of imidazole rings is 1. The van der Waals surface area contributed by atoms with Crippen molar-refractivity contribution < 1.29 is 0 Å². The summed E-state index contributed by atoms with van der Waals surface area (Å²) in [4.78, 5) is 18.6. The molecule has 0 aliphatic rings. The first-order valence-electron chi connectivity index (χ1n) is 10.1. The molecule has 4 aromatic heterocycles. The highest BCUT2D eigenvalue weighted by Crippen LogP contribution is 2.26. The molecule has 5 aromatic rings. The number of benzene rings is 1. The van der Waals surface area contributed by atoms with Gasteiger partial charge in [0.2, 0.25) is 0 Å². The number of fused-ring (bicyclic) bond motifs is 4. The van der Waals surface area contributed by atoms with Gasteiger partial charge in [-0.3, -0.25) is 4.98 Å². The van der Waals surface area contributed by atoms with E-state index in [2.05, 4.69) is 53.7 Å². The van der Waals surface area contributed by atoms with Crippen LogP contribution in [0.5, 0.6) is 0 Å². The fraction of sp³-hybridized carbons (Fsp3) is 0.250. The normalized spacial score (nSPS) is 11.7. The third-order valence-electron chi connectivity index (χ3n) is 5.78. The predicted molar refractivity (Wildman–Crippen MR) is 116 cm³/mol. The Morgan fingerprint density at radius 1 is 0.897 bits per heavy atom. The second-order valence-corrected chi connectivity index (χ2v) is 7.50. The van der Waals surface area contributed by atoms with Crippen LogP contribution in [0.15, 0.2) is 48.9 Å². The van der Waals surface area contributed by atoms with Gasteiger partial charge in [0, 0.05) is 41.0 Å². The molecule has 5 nitrogen and oxygen atoms in total. The van der Waals surface area contributed by atoms with Gasteiger partial charge in [0.25, 0.3) is 0 Å². The van der Waals surface area contributed by atoms with Gasteiger partial charge >= 0.3 is 0 Å². The van der Waals surface area contributed by atoms with Crippen molar-refractivity contribution in [3.8, 4) is 0 Å². The number of rotatable bonds is 4. The van der Waals surface area contributed by atoms with E-state index in [1.54, 1.807) is 12.4 Å². The van der Waals surface area contributed by atoms with Crippen molar-refractivity contribution in [1.82, 2.24) is 24.3 Å². The second-order valence-electron chi connectivity index (χ2n) is 7.50. The molecule has 0 fully saturated rings. The summed E-state index contributed by atoms with van der Waals surface area (Å²) in [5.74, 6) is 0.845. The fourth-order valence-corrected chi connectivity index (χ4v) is 4.17. The van der Waals surface area contributed by atoms with Crippen molar-refractivity contribution in [2.24, 2.45) is 0 Å². The van der Waals surface area contributed by atoms with Gasteiger partial charge < -0.3 is 4.40 Å². The maximum atomic E-state index is 5.01. The molecule has 0 spiro atoms. The molecule has 1 aromatic carbocycles. The number of nitrogens with zero attached hydrogens (tertiary/aromatic N) is 5. The molecule has 0 amide bonds. The van der Waals surface area contributed by atoms with Crippen LogP contribution in [0.3, 0.4) is 0 Å². The van der Waals surface area contributed by atoms with E-state index in [1.807, 2.05) is 13.0 Å². The van der Waals surface area contributed by atoms with E-state index in [4.69, 9.17) is 15.0 Å². The van der Waals surface area contributed by atoms with Gasteiger partial charge in [-0.2, -0.15) is 0 Å². The summed E-state index contributed by atoms with van der Waals surface area (Å²) >= 11 is 0. The Labute approximate surface area is 169 Å². The van der Waals surface area contributed by atoms with Crippen molar-refractivity contribution in [1.29, 1.82) is 0 Å². The molecule has 0 N–H and O–H groups in total. The Kier molecular flexibility index (Phi) is 4.23. The zero-order valence-corrected chi connectivity index (χ0v) is 17.0. The number of aromatic nitrogens is 5. The van der Waals surface area contributed by atoms with Crippen LogP contribution < -0.4 is 0 Å². The van der Waals surface area contributed by atoms with E-state index in [0.717, 1.165) is 53.0 Å². The van der Waals surface area contributed by atoms with Crippen LogP contribution in [0.1, 0.15) is 35.4 Å². The molecule has 0 aliphatic heterocycles. The molecule has 4 heterocycles. The smallest absolute Gasteiger partial charge is 0.145 e. The minimum Gasteiger partial charge on any atom is -0.304 e. The fourth-order valence-electron chi connectivity index (χ4n) is 4.17. The summed E-state index contributed by atoms with van der Waals surface area (Å²) in [6.45, 7) is 6.37. The third-order valence-corrected chi connectivity index (χ3v) is 5.78. The van der Waals surface area contributed by atoms with Crippen molar-refractivity contribution in [3.63, 3.8) is 0 Å². The Morgan fingerprint density at radius 2 is 1.79 bits per heavy atom. The van der Waals surface area contributed by atoms with Gasteiger partial charge in [-0.25, -0.2) is 15.0 Å². The second kappa shape index (κ2) is 6.92. The minimum absolute atomic E-state index is 0.758. The highest BCUT2D eigenvalue weighted by molar-refractivity contribution is 5.96. The lowest BCUT2D eigenvalue weighted by molar-refractivity contribution is 0.836. The van der Waals surface area contributed by atoms with Crippen LogP contribution in [-0.4, -0.2) is 24.3 Å². The van der Waals surface area contributed by atoms with Crippen LogP contribution >= 0.6 is 0 Å². The molecule has 5 heteroatoms. The van der Waals surface area contributed by atoms with Gasteiger partial charge in [-0.05, 0) is 49.8 Å². The number of pyridine rings is 2. The topological polar surface area (TPSA) is 56.0 Å². The SMILES string of the molecule is CCc1cccc2c1ccn1c(C)c(CCc3nc(C)c4ccncc4n3)nc21. The van der Waals surface area contributed by atoms with E-state index >= 15 is 0 Å². The Morgan fingerprint density at radius 3 is 2.66 bits per heavy atom. The van der Waals surface area contributed by atoms with Gasteiger partial charge in [0.1, 0.15) is 11.5 Å². The molecule has 0 unspecified atom stereocenters. The summed E-state index contributed by atoms with van der Waals surface area (Å²) in [7, 11) is 0. The van der Waals surface area contributed by atoms with Crippen LogP contribution in [0.2, 0.25) is 0 Å². The van der Waals surface area contributed by atoms with Crippen molar-refractivity contribution in [3.05, 3.63) is 77.4 Å². The quantitative estimate of drug-likeness (QED) is 0.449. The first kappa shape index (κ1) is 17.7. The van der Waals surface area contributed by atoms with Crippen molar-refractivity contribution in [2.45, 2.75) is 40.0 Å². The summed E-state index contributed by atoms with van der Waals surface area (Å²) in [6, 6.07) is 10.7. The zero-order chi connectivity index (χ0) is 20.0. The molecule has 0 aliphatic carbocycles. The predicted octanol–water partition coefficient (Wildman–Crippen LogP) is 4.79. The lowest BCUT2D eigenvalue weighted by Gasteiger charge is -2.06. The highest BCUT2D eigenvalue weighted by atomic mass is 15.0. The summed E-state index contributed by atoms with van der Waals surface area (Å²) in [5, 5.41) is 3.57. The lowest BCUT2D eigenvalue weighted by Crippen LogP contribution is -2.02.